The van der Waals surface area contributed by atoms with Crippen molar-refractivity contribution in [2.24, 2.45) is 17.8 Å². The summed E-state index contributed by atoms with van der Waals surface area (Å²) in [7, 11) is 1.61. The molecule has 39 heavy (non-hydrogen) atoms. The minimum absolute atomic E-state index is 0.142. The minimum atomic E-state index is -1.53. The molecule has 2 fully saturated rings. The third-order valence-corrected chi connectivity index (χ3v) is 8.80. The molecular formula is C31H49NO7. The molecule has 8 heteroatoms. The zero-order valence-corrected chi connectivity index (χ0v) is 24.8. The van der Waals surface area contributed by atoms with Gasteiger partial charge >= 0.3 is 5.97 Å². The number of likely N-dealkylation sites (tertiary alicyclic amines) is 1. The SMILES string of the molecule is COC1CC(/C=C(C)/C=C(\C)C(C)OC(=O)C2CCCCN2C(=O)CC2(O)OC(C)C(C)CC2C)C=CC1O. The highest BCUT2D eigenvalue weighted by atomic mass is 16.6. The standard InChI is InChI=1S/C31H49NO7/c1-19(15-25-11-12-27(33)28(17-25)37-7)14-20(2)23(5)38-30(35)26-10-8-9-13-32(26)29(34)18-31(36)22(4)16-21(3)24(6)39-31/h11-12,14-15,21-28,33,36H,8-10,13,16-18H2,1-7H3/b19-15+,20-14+. The number of hydrogen-bond acceptors (Lipinski definition) is 7. The Morgan fingerprint density at radius 2 is 1.90 bits per heavy atom. The second-order valence-electron chi connectivity index (χ2n) is 12.0. The van der Waals surface area contributed by atoms with Crippen LogP contribution in [-0.4, -0.2) is 76.9 Å². The monoisotopic (exact) mass is 547 g/mol. The van der Waals surface area contributed by atoms with E-state index < -0.39 is 30.0 Å². The van der Waals surface area contributed by atoms with E-state index in [1.165, 1.54) is 0 Å². The summed E-state index contributed by atoms with van der Waals surface area (Å²) in [5.41, 5.74) is 1.93. The first-order chi connectivity index (χ1) is 18.3. The average molecular weight is 548 g/mol. The Hall–Kier alpha value is -2.00. The van der Waals surface area contributed by atoms with Gasteiger partial charge in [0.1, 0.15) is 12.1 Å². The number of carbonyl (C=O) groups is 2. The number of amides is 1. The van der Waals surface area contributed by atoms with Gasteiger partial charge in [-0.15, -0.1) is 0 Å². The smallest absolute Gasteiger partial charge is 0.329 e. The fraction of sp³-hybridized carbons (Fsp3) is 0.742. The van der Waals surface area contributed by atoms with Gasteiger partial charge in [0.05, 0.1) is 24.7 Å². The average Bonchev–Trinajstić information content (AvgIpc) is 2.88. The summed E-state index contributed by atoms with van der Waals surface area (Å²) in [6.07, 6.45) is 9.98. The lowest BCUT2D eigenvalue weighted by atomic mass is 9.82. The van der Waals surface area contributed by atoms with E-state index in [1.54, 1.807) is 18.1 Å². The molecule has 3 aliphatic rings. The number of ether oxygens (including phenoxy) is 3. The van der Waals surface area contributed by atoms with Crippen molar-refractivity contribution in [2.75, 3.05) is 13.7 Å². The second-order valence-corrected chi connectivity index (χ2v) is 12.0. The fourth-order valence-corrected chi connectivity index (χ4v) is 5.93. The Balaban J connectivity index is 1.62. The largest absolute Gasteiger partial charge is 0.457 e. The molecule has 1 aliphatic carbocycles. The van der Waals surface area contributed by atoms with E-state index in [-0.39, 0.29) is 36.4 Å². The maximum Gasteiger partial charge on any atom is 0.329 e. The summed E-state index contributed by atoms with van der Waals surface area (Å²) in [6.45, 7) is 12.2. The third kappa shape index (κ3) is 8.03. The van der Waals surface area contributed by atoms with Crippen LogP contribution in [0.5, 0.6) is 0 Å². The van der Waals surface area contributed by atoms with Crippen molar-refractivity contribution in [1.82, 2.24) is 4.90 Å². The summed E-state index contributed by atoms with van der Waals surface area (Å²) in [4.78, 5) is 28.2. The van der Waals surface area contributed by atoms with E-state index in [9.17, 15) is 19.8 Å². The molecule has 0 aromatic rings. The van der Waals surface area contributed by atoms with E-state index in [0.717, 1.165) is 30.4 Å². The molecule has 0 bridgehead atoms. The maximum absolute atomic E-state index is 13.4. The summed E-state index contributed by atoms with van der Waals surface area (Å²) in [6, 6.07) is -0.665. The molecule has 2 aliphatic heterocycles. The normalized spacial score (nSPS) is 36.9. The molecule has 0 saturated carbocycles. The summed E-state index contributed by atoms with van der Waals surface area (Å²) in [5, 5.41) is 21.2. The number of allylic oxidation sites excluding steroid dienone is 4. The van der Waals surface area contributed by atoms with Crippen LogP contribution < -0.4 is 0 Å². The van der Waals surface area contributed by atoms with E-state index in [4.69, 9.17) is 14.2 Å². The fourth-order valence-electron chi connectivity index (χ4n) is 5.93. The molecule has 2 saturated heterocycles. The summed E-state index contributed by atoms with van der Waals surface area (Å²) < 4.78 is 17.1. The number of aliphatic hydroxyl groups is 2. The third-order valence-electron chi connectivity index (χ3n) is 8.80. The van der Waals surface area contributed by atoms with Crippen LogP contribution in [0.1, 0.15) is 80.1 Å². The van der Waals surface area contributed by atoms with Gasteiger partial charge in [0.2, 0.25) is 5.91 Å². The van der Waals surface area contributed by atoms with Crippen LogP contribution in [0.15, 0.2) is 35.5 Å². The minimum Gasteiger partial charge on any atom is -0.457 e. The van der Waals surface area contributed by atoms with Crippen LogP contribution in [0.3, 0.4) is 0 Å². The van der Waals surface area contributed by atoms with Crippen molar-refractivity contribution in [3.63, 3.8) is 0 Å². The first kappa shape index (κ1) is 31.5. The number of carbonyl (C=O) groups excluding carboxylic acids is 2. The topological polar surface area (TPSA) is 106 Å². The number of methoxy groups -OCH3 is 1. The number of rotatable bonds is 8. The molecule has 0 aromatic heterocycles. The zero-order chi connectivity index (χ0) is 28.9. The summed E-state index contributed by atoms with van der Waals surface area (Å²) >= 11 is 0. The molecular weight excluding hydrogens is 498 g/mol. The van der Waals surface area contributed by atoms with Gasteiger partial charge in [-0.3, -0.25) is 4.79 Å². The molecule has 3 rings (SSSR count). The molecule has 1 amide bonds. The van der Waals surface area contributed by atoms with Gasteiger partial charge in [0, 0.05) is 19.6 Å². The number of hydrogen-bond donors (Lipinski definition) is 2. The molecule has 2 N–H and O–H groups in total. The van der Waals surface area contributed by atoms with Crippen molar-refractivity contribution in [2.45, 2.75) is 116 Å². The maximum atomic E-state index is 13.4. The number of piperidine rings is 1. The molecule has 9 atom stereocenters. The Morgan fingerprint density at radius 3 is 2.59 bits per heavy atom. The molecule has 0 spiro atoms. The van der Waals surface area contributed by atoms with Gasteiger partial charge in [0.25, 0.3) is 0 Å². The highest BCUT2D eigenvalue weighted by molar-refractivity contribution is 5.85. The van der Waals surface area contributed by atoms with Crippen LogP contribution in [0.25, 0.3) is 0 Å². The first-order valence-corrected chi connectivity index (χ1v) is 14.5. The number of aliphatic hydroxyl groups excluding tert-OH is 1. The molecule has 220 valence electrons. The van der Waals surface area contributed by atoms with Crippen LogP contribution in [0, 0.1) is 17.8 Å². The van der Waals surface area contributed by atoms with Crippen molar-refractivity contribution in [3.05, 3.63) is 35.5 Å². The highest BCUT2D eigenvalue weighted by Crippen LogP contribution is 2.38. The second kappa shape index (κ2) is 13.6. The predicted octanol–water partition coefficient (Wildman–Crippen LogP) is 4.30. The van der Waals surface area contributed by atoms with E-state index in [1.807, 2.05) is 46.8 Å². The van der Waals surface area contributed by atoms with Crippen molar-refractivity contribution >= 4 is 11.9 Å². The highest BCUT2D eigenvalue weighted by Gasteiger charge is 2.46. The molecule has 0 aromatic carbocycles. The van der Waals surface area contributed by atoms with Gasteiger partial charge in [-0.2, -0.15) is 0 Å². The number of esters is 1. The zero-order valence-electron chi connectivity index (χ0n) is 24.8. The Morgan fingerprint density at radius 1 is 1.18 bits per heavy atom. The van der Waals surface area contributed by atoms with E-state index in [2.05, 4.69) is 13.0 Å². The van der Waals surface area contributed by atoms with Crippen molar-refractivity contribution < 1.29 is 34.0 Å². The van der Waals surface area contributed by atoms with Crippen LogP contribution in [0.2, 0.25) is 0 Å². The summed E-state index contributed by atoms with van der Waals surface area (Å²) in [5.74, 6) is -1.94. The molecule has 0 radical (unpaired) electrons. The van der Waals surface area contributed by atoms with Crippen LogP contribution >= 0.6 is 0 Å². The molecule has 2 heterocycles. The molecule has 9 unspecified atom stereocenters. The van der Waals surface area contributed by atoms with Crippen LogP contribution in [0.4, 0.5) is 0 Å². The van der Waals surface area contributed by atoms with Gasteiger partial charge in [-0.05, 0) is 77.2 Å². The van der Waals surface area contributed by atoms with Gasteiger partial charge in [-0.1, -0.05) is 43.7 Å². The van der Waals surface area contributed by atoms with Gasteiger partial charge in [-0.25, -0.2) is 4.79 Å². The van der Waals surface area contributed by atoms with E-state index in [0.29, 0.717) is 25.3 Å². The van der Waals surface area contributed by atoms with Gasteiger partial charge in [0.15, 0.2) is 5.79 Å². The van der Waals surface area contributed by atoms with Crippen LogP contribution in [-0.2, 0) is 23.8 Å². The number of nitrogens with zero attached hydrogens (tertiary/aromatic N) is 1. The lowest BCUT2D eigenvalue weighted by molar-refractivity contribution is -0.289. The predicted molar refractivity (Wildman–Crippen MR) is 150 cm³/mol. The Labute approximate surface area is 234 Å². The van der Waals surface area contributed by atoms with E-state index >= 15 is 0 Å². The lowest BCUT2D eigenvalue weighted by Crippen LogP contribution is -2.55. The van der Waals surface area contributed by atoms with Gasteiger partial charge < -0.3 is 29.3 Å². The van der Waals surface area contributed by atoms with Crippen molar-refractivity contribution in [3.8, 4) is 0 Å². The Kier molecular flexibility index (Phi) is 11.0. The Bertz CT molecular complexity index is 959. The first-order valence-electron chi connectivity index (χ1n) is 14.5. The quantitative estimate of drug-likeness (QED) is 0.265. The molecule has 8 nitrogen and oxygen atoms in total. The van der Waals surface area contributed by atoms with Crippen molar-refractivity contribution in [1.29, 1.82) is 0 Å². The lowest BCUT2D eigenvalue weighted by Gasteiger charge is -2.45.